The molecule has 0 aliphatic carbocycles. The zero-order valence-corrected chi connectivity index (χ0v) is 12.6. The first kappa shape index (κ1) is 14.0. The summed E-state index contributed by atoms with van der Waals surface area (Å²) in [7, 11) is 1.97. The van der Waals surface area contributed by atoms with Crippen molar-refractivity contribution in [3.05, 3.63) is 28.3 Å². The molecule has 0 amide bonds. The molecule has 2 aromatic rings. The lowest BCUT2D eigenvalue weighted by atomic mass is 10.2. The van der Waals surface area contributed by atoms with Crippen LogP contribution in [0.1, 0.15) is 37.6 Å². The summed E-state index contributed by atoms with van der Waals surface area (Å²) in [6.45, 7) is 6.90. The molecule has 1 atom stereocenters. The molecule has 0 spiro atoms. The highest BCUT2D eigenvalue weighted by atomic mass is 32.1. The molecule has 6 heteroatoms. The van der Waals surface area contributed by atoms with Gasteiger partial charge in [0.1, 0.15) is 0 Å². The Morgan fingerprint density at radius 1 is 1.37 bits per heavy atom. The summed E-state index contributed by atoms with van der Waals surface area (Å²) >= 11 is 1.73. The van der Waals surface area contributed by atoms with Crippen molar-refractivity contribution in [3.63, 3.8) is 0 Å². The Balaban J connectivity index is 2.01. The number of anilines is 1. The fourth-order valence-electron chi connectivity index (χ4n) is 1.64. The van der Waals surface area contributed by atoms with Crippen LogP contribution in [0.4, 0.5) is 6.01 Å². The van der Waals surface area contributed by atoms with Gasteiger partial charge in [-0.3, -0.25) is 0 Å². The monoisotopic (exact) mass is 280 g/mol. The van der Waals surface area contributed by atoms with Crippen molar-refractivity contribution in [1.82, 2.24) is 15.5 Å². The Labute approximate surface area is 117 Å². The standard InChI is InChI=1S/C13H20N4OS/c1-9(2)14-8-12-15-16-13(18-12)17(4)10(3)11-6-5-7-19-11/h5-7,9-10,14H,8H2,1-4H3. The topological polar surface area (TPSA) is 54.2 Å². The molecule has 0 radical (unpaired) electrons. The maximum absolute atomic E-state index is 5.66. The summed E-state index contributed by atoms with van der Waals surface area (Å²) in [5, 5.41) is 13.5. The van der Waals surface area contributed by atoms with Crippen molar-refractivity contribution >= 4 is 17.4 Å². The summed E-state index contributed by atoms with van der Waals surface area (Å²) in [5.74, 6) is 0.619. The van der Waals surface area contributed by atoms with E-state index in [9.17, 15) is 0 Å². The maximum Gasteiger partial charge on any atom is 0.318 e. The third-order valence-electron chi connectivity index (χ3n) is 2.96. The lowest BCUT2D eigenvalue weighted by Gasteiger charge is -2.21. The Bertz CT molecular complexity index is 494. The number of hydrogen-bond donors (Lipinski definition) is 1. The molecule has 2 heterocycles. The van der Waals surface area contributed by atoms with Crippen LogP contribution in [0.2, 0.25) is 0 Å². The van der Waals surface area contributed by atoms with Crippen LogP contribution in [-0.4, -0.2) is 23.3 Å². The Morgan fingerprint density at radius 2 is 2.16 bits per heavy atom. The SMILES string of the molecule is CC(C)NCc1nnc(N(C)C(C)c2cccs2)o1. The molecule has 1 N–H and O–H groups in total. The summed E-state index contributed by atoms with van der Waals surface area (Å²) in [4.78, 5) is 3.28. The third kappa shape index (κ3) is 3.54. The first-order valence-electron chi connectivity index (χ1n) is 6.40. The van der Waals surface area contributed by atoms with Crippen LogP contribution in [0.5, 0.6) is 0 Å². The van der Waals surface area contributed by atoms with Gasteiger partial charge in [-0.15, -0.1) is 16.4 Å². The van der Waals surface area contributed by atoms with Gasteiger partial charge in [0.15, 0.2) is 0 Å². The van der Waals surface area contributed by atoms with Crippen LogP contribution in [-0.2, 0) is 6.54 Å². The average Bonchev–Trinajstić information content (AvgIpc) is 3.05. The van der Waals surface area contributed by atoms with E-state index in [0.29, 0.717) is 24.5 Å². The van der Waals surface area contributed by atoms with Crippen LogP contribution in [0.25, 0.3) is 0 Å². The molecule has 0 aromatic carbocycles. The minimum atomic E-state index is 0.228. The quantitative estimate of drug-likeness (QED) is 0.881. The summed E-state index contributed by atoms with van der Waals surface area (Å²) in [6, 6.07) is 5.35. The molecular weight excluding hydrogens is 260 g/mol. The van der Waals surface area contributed by atoms with Gasteiger partial charge in [0.05, 0.1) is 12.6 Å². The number of thiophene rings is 1. The van der Waals surface area contributed by atoms with Gasteiger partial charge in [0.25, 0.3) is 0 Å². The normalized spacial score (nSPS) is 12.9. The van der Waals surface area contributed by atoms with E-state index in [4.69, 9.17) is 4.42 Å². The van der Waals surface area contributed by atoms with Crippen molar-refractivity contribution in [2.45, 2.75) is 39.4 Å². The van der Waals surface area contributed by atoms with Gasteiger partial charge in [-0.05, 0) is 18.4 Å². The van der Waals surface area contributed by atoms with Crippen LogP contribution in [0.15, 0.2) is 21.9 Å². The lowest BCUT2D eigenvalue weighted by Crippen LogP contribution is -2.22. The van der Waals surface area contributed by atoms with Crippen molar-refractivity contribution < 1.29 is 4.42 Å². The fourth-order valence-corrected chi connectivity index (χ4v) is 2.46. The highest BCUT2D eigenvalue weighted by Crippen LogP contribution is 2.27. The molecule has 2 aromatic heterocycles. The van der Waals surface area contributed by atoms with Gasteiger partial charge < -0.3 is 14.6 Å². The van der Waals surface area contributed by atoms with Gasteiger partial charge in [-0.2, -0.15) is 0 Å². The van der Waals surface area contributed by atoms with Crippen LogP contribution in [0, 0.1) is 0 Å². The van der Waals surface area contributed by atoms with E-state index in [2.05, 4.69) is 53.8 Å². The molecular formula is C13H20N4OS. The number of rotatable bonds is 6. The highest BCUT2D eigenvalue weighted by Gasteiger charge is 2.18. The van der Waals surface area contributed by atoms with Crippen LogP contribution >= 0.6 is 11.3 Å². The second-order valence-electron chi connectivity index (χ2n) is 4.82. The molecule has 2 rings (SSSR count). The van der Waals surface area contributed by atoms with E-state index in [0.717, 1.165) is 0 Å². The number of aromatic nitrogens is 2. The summed E-state index contributed by atoms with van der Waals surface area (Å²) in [5.41, 5.74) is 0. The van der Waals surface area contributed by atoms with Crippen molar-refractivity contribution in [3.8, 4) is 0 Å². The van der Waals surface area contributed by atoms with Crippen molar-refractivity contribution in [2.24, 2.45) is 0 Å². The first-order chi connectivity index (χ1) is 9.08. The molecule has 0 bridgehead atoms. The molecule has 0 saturated carbocycles. The fraction of sp³-hybridized carbons (Fsp3) is 0.538. The molecule has 19 heavy (non-hydrogen) atoms. The molecule has 0 fully saturated rings. The van der Waals surface area contributed by atoms with Gasteiger partial charge in [-0.25, -0.2) is 0 Å². The Morgan fingerprint density at radius 3 is 2.79 bits per heavy atom. The molecule has 0 saturated heterocycles. The Hall–Kier alpha value is -1.40. The predicted octanol–water partition coefficient (Wildman–Crippen LogP) is 2.83. The second-order valence-corrected chi connectivity index (χ2v) is 5.80. The molecule has 104 valence electrons. The van der Waals surface area contributed by atoms with Crippen molar-refractivity contribution in [1.29, 1.82) is 0 Å². The van der Waals surface area contributed by atoms with Gasteiger partial charge >= 0.3 is 6.01 Å². The van der Waals surface area contributed by atoms with Crippen LogP contribution in [0.3, 0.4) is 0 Å². The van der Waals surface area contributed by atoms with E-state index in [1.54, 1.807) is 11.3 Å². The Kier molecular flexibility index (Phi) is 4.55. The molecule has 0 aliphatic rings. The smallest absolute Gasteiger partial charge is 0.318 e. The summed E-state index contributed by atoms with van der Waals surface area (Å²) in [6.07, 6.45) is 0. The zero-order valence-electron chi connectivity index (χ0n) is 11.8. The van der Waals surface area contributed by atoms with E-state index in [-0.39, 0.29) is 6.04 Å². The van der Waals surface area contributed by atoms with E-state index in [1.807, 2.05) is 11.9 Å². The molecule has 5 nitrogen and oxygen atoms in total. The third-order valence-corrected chi connectivity index (χ3v) is 4.00. The van der Waals surface area contributed by atoms with E-state index < -0.39 is 0 Å². The number of hydrogen-bond acceptors (Lipinski definition) is 6. The van der Waals surface area contributed by atoms with Gasteiger partial charge in [-0.1, -0.05) is 25.0 Å². The minimum absolute atomic E-state index is 0.228. The second kappa shape index (κ2) is 6.16. The minimum Gasteiger partial charge on any atom is -0.407 e. The number of nitrogens with zero attached hydrogens (tertiary/aromatic N) is 3. The van der Waals surface area contributed by atoms with Gasteiger partial charge in [0.2, 0.25) is 5.89 Å². The first-order valence-corrected chi connectivity index (χ1v) is 7.28. The van der Waals surface area contributed by atoms with E-state index in [1.165, 1.54) is 4.88 Å². The molecule has 0 aliphatic heterocycles. The van der Waals surface area contributed by atoms with Gasteiger partial charge in [0, 0.05) is 18.0 Å². The van der Waals surface area contributed by atoms with E-state index >= 15 is 0 Å². The molecule has 1 unspecified atom stereocenters. The average molecular weight is 280 g/mol. The highest BCUT2D eigenvalue weighted by molar-refractivity contribution is 7.10. The largest absolute Gasteiger partial charge is 0.407 e. The predicted molar refractivity (Wildman–Crippen MR) is 77.4 cm³/mol. The maximum atomic E-state index is 5.66. The zero-order chi connectivity index (χ0) is 13.8. The summed E-state index contributed by atoms with van der Waals surface area (Å²) < 4.78 is 5.66. The number of nitrogens with one attached hydrogen (secondary N) is 1. The van der Waals surface area contributed by atoms with Crippen molar-refractivity contribution in [2.75, 3.05) is 11.9 Å². The van der Waals surface area contributed by atoms with Crippen LogP contribution < -0.4 is 10.2 Å². The lowest BCUT2D eigenvalue weighted by molar-refractivity contribution is 0.444.